The maximum Gasteiger partial charge on any atom is 0.227 e. The lowest BCUT2D eigenvalue weighted by Gasteiger charge is -2.19. The van der Waals surface area contributed by atoms with Gasteiger partial charge in [-0.2, -0.15) is 0 Å². The summed E-state index contributed by atoms with van der Waals surface area (Å²) in [6.07, 6.45) is 0.203. The molecule has 2 aromatic rings. The molecule has 3 rings (SSSR count). The van der Waals surface area contributed by atoms with Crippen LogP contribution in [0.2, 0.25) is 5.02 Å². The van der Waals surface area contributed by atoms with Crippen LogP contribution in [0.4, 0.5) is 5.69 Å². The van der Waals surface area contributed by atoms with Gasteiger partial charge in [-0.05, 0) is 49.7 Å². The van der Waals surface area contributed by atoms with Gasteiger partial charge in [-0.15, -0.1) is 0 Å². The second-order valence-corrected chi connectivity index (χ2v) is 7.05. The fourth-order valence-electron chi connectivity index (χ4n) is 3.21. The zero-order valence-electron chi connectivity index (χ0n) is 15.4. The minimum absolute atomic E-state index is 0.0638. The smallest absolute Gasteiger partial charge is 0.227 e. The van der Waals surface area contributed by atoms with Crippen LogP contribution in [0.5, 0.6) is 5.75 Å². The van der Waals surface area contributed by atoms with Crippen molar-refractivity contribution in [2.75, 3.05) is 18.1 Å². The molecule has 1 aliphatic rings. The average Bonchev–Trinajstić information content (AvgIpc) is 3.04. The highest BCUT2D eigenvalue weighted by atomic mass is 35.5. The highest BCUT2D eigenvalue weighted by Gasteiger charge is 2.35. The zero-order valence-corrected chi connectivity index (χ0v) is 16.2. The van der Waals surface area contributed by atoms with Crippen molar-refractivity contribution in [1.82, 2.24) is 5.32 Å². The third-order valence-corrected chi connectivity index (χ3v) is 4.90. The number of rotatable bonds is 6. The van der Waals surface area contributed by atoms with E-state index in [9.17, 15) is 9.59 Å². The predicted molar refractivity (Wildman–Crippen MR) is 106 cm³/mol. The van der Waals surface area contributed by atoms with E-state index in [1.165, 1.54) is 0 Å². The number of ether oxygens (including phenoxy) is 1. The largest absolute Gasteiger partial charge is 0.494 e. The molecule has 2 unspecified atom stereocenters. The molecule has 0 aliphatic carbocycles. The Labute approximate surface area is 164 Å². The number of anilines is 1. The summed E-state index contributed by atoms with van der Waals surface area (Å²) >= 11 is 6.01. The molecule has 27 heavy (non-hydrogen) atoms. The molecule has 0 bridgehead atoms. The minimum Gasteiger partial charge on any atom is -0.494 e. The fraction of sp³-hybridized carbons (Fsp3) is 0.333. The van der Waals surface area contributed by atoms with Crippen molar-refractivity contribution in [2.45, 2.75) is 26.3 Å². The van der Waals surface area contributed by atoms with E-state index < -0.39 is 0 Å². The normalized spacial score (nSPS) is 17.7. The van der Waals surface area contributed by atoms with Crippen molar-refractivity contribution in [3.63, 3.8) is 0 Å². The Balaban J connectivity index is 1.62. The van der Waals surface area contributed by atoms with Gasteiger partial charge in [0.25, 0.3) is 0 Å². The highest BCUT2D eigenvalue weighted by Crippen LogP contribution is 2.28. The van der Waals surface area contributed by atoms with Gasteiger partial charge in [-0.3, -0.25) is 9.59 Å². The Morgan fingerprint density at radius 3 is 2.70 bits per heavy atom. The number of carbonyl (C=O) groups excluding carboxylic acids is 2. The van der Waals surface area contributed by atoms with Crippen molar-refractivity contribution in [1.29, 1.82) is 0 Å². The Bertz CT molecular complexity index is 822. The summed E-state index contributed by atoms with van der Waals surface area (Å²) in [4.78, 5) is 26.6. The second-order valence-electron chi connectivity index (χ2n) is 6.62. The molecule has 1 heterocycles. The minimum atomic E-state index is -0.373. The first-order chi connectivity index (χ1) is 13.0. The lowest BCUT2D eigenvalue weighted by molar-refractivity contribution is -0.126. The fourth-order valence-corrected chi connectivity index (χ4v) is 3.40. The summed E-state index contributed by atoms with van der Waals surface area (Å²) < 4.78 is 5.44. The van der Waals surface area contributed by atoms with Crippen molar-refractivity contribution in [2.24, 2.45) is 5.92 Å². The van der Waals surface area contributed by atoms with Gasteiger partial charge in [-0.1, -0.05) is 29.8 Å². The van der Waals surface area contributed by atoms with Gasteiger partial charge >= 0.3 is 0 Å². The summed E-state index contributed by atoms with van der Waals surface area (Å²) in [6, 6.07) is 14.6. The van der Waals surface area contributed by atoms with E-state index in [-0.39, 0.29) is 30.2 Å². The molecule has 0 saturated carbocycles. The molecular weight excluding hydrogens is 364 g/mol. The highest BCUT2D eigenvalue weighted by molar-refractivity contribution is 6.31. The van der Waals surface area contributed by atoms with E-state index in [2.05, 4.69) is 5.32 Å². The molecule has 1 aliphatic heterocycles. The topological polar surface area (TPSA) is 58.6 Å². The van der Waals surface area contributed by atoms with Crippen LogP contribution in [0.3, 0.4) is 0 Å². The van der Waals surface area contributed by atoms with Crippen LogP contribution < -0.4 is 15.0 Å². The number of halogens is 1. The number of hydrogen-bond acceptors (Lipinski definition) is 3. The van der Waals surface area contributed by atoms with Gasteiger partial charge in [0.1, 0.15) is 5.75 Å². The van der Waals surface area contributed by atoms with Gasteiger partial charge < -0.3 is 15.0 Å². The Morgan fingerprint density at radius 1 is 1.30 bits per heavy atom. The zero-order chi connectivity index (χ0) is 19.4. The molecular formula is C21H23ClN2O3. The molecule has 1 fully saturated rings. The van der Waals surface area contributed by atoms with E-state index in [0.717, 1.165) is 17.0 Å². The van der Waals surface area contributed by atoms with E-state index in [1.54, 1.807) is 23.1 Å². The number of carbonyl (C=O) groups is 2. The van der Waals surface area contributed by atoms with E-state index >= 15 is 0 Å². The molecule has 2 atom stereocenters. The van der Waals surface area contributed by atoms with E-state index in [1.807, 2.05) is 44.2 Å². The molecule has 0 spiro atoms. The van der Waals surface area contributed by atoms with Crippen LogP contribution in [0, 0.1) is 5.92 Å². The average molecular weight is 387 g/mol. The van der Waals surface area contributed by atoms with Crippen LogP contribution >= 0.6 is 11.6 Å². The SMILES string of the molecule is CCOc1ccc(C(C)NC(=O)C2CC(=O)N(c3cccc(Cl)c3)C2)cc1. The molecule has 1 N–H and O–H groups in total. The summed E-state index contributed by atoms with van der Waals surface area (Å²) in [7, 11) is 0. The molecule has 6 heteroatoms. The van der Waals surface area contributed by atoms with Crippen LogP contribution in [-0.4, -0.2) is 25.0 Å². The van der Waals surface area contributed by atoms with E-state index in [0.29, 0.717) is 18.2 Å². The lowest BCUT2D eigenvalue weighted by atomic mass is 10.0. The lowest BCUT2D eigenvalue weighted by Crippen LogP contribution is -2.34. The van der Waals surface area contributed by atoms with Gasteiger partial charge in [0.05, 0.1) is 18.6 Å². The molecule has 2 aromatic carbocycles. The Kier molecular flexibility index (Phi) is 6.01. The van der Waals surface area contributed by atoms with Crippen molar-refractivity contribution >= 4 is 29.1 Å². The molecule has 1 saturated heterocycles. The van der Waals surface area contributed by atoms with Gasteiger partial charge in [0.2, 0.25) is 11.8 Å². The van der Waals surface area contributed by atoms with Crippen molar-refractivity contribution in [3.8, 4) is 5.75 Å². The summed E-state index contributed by atoms with van der Waals surface area (Å²) in [6.45, 7) is 4.84. The van der Waals surface area contributed by atoms with Crippen molar-refractivity contribution < 1.29 is 14.3 Å². The van der Waals surface area contributed by atoms with Gasteiger partial charge in [0.15, 0.2) is 0 Å². The van der Waals surface area contributed by atoms with E-state index in [4.69, 9.17) is 16.3 Å². The van der Waals surface area contributed by atoms with Gasteiger partial charge in [-0.25, -0.2) is 0 Å². The molecule has 142 valence electrons. The Morgan fingerprint density at radius 2 is 2.04 bits per heavy atom. The summed E-state index contributed by atoms with van der Waals surface area (Å²) in [5.74, 6) is 0.250. The number of hydrogen-bond donors (Lipinski definition) is 1. The maximum atomic E-state index is 12.6. The quantitative estimate of drug-likeness (QED) is 0.817. The summed E-state index contributed by atoms with van der Waals surface area (Å²) in [5, 5.41) is 3.58. The van der Waals surface area contributed by atoms with Crippen LogP contribution in [-0.2, 0) is 9.59 Å². The molecule has 0 aromatic heterocycles. The number of nitrogens with zero attached hydrogens (tertiary/aromatic N) is 1. The van der Waals surface area contributed by atoms with Crippen LogP contribution in [0.25, 0.3) is 0 Å². The number of benzene rings is 2. The number of nitrogens with one attached hydrogen (secondary N) is 1. The Hall–Kier alpha value is -2.53. The third kappa shape index (κ3) is 4.61. The summed E-state index contributed by atoms with van der Waals surface area (Å²) in [5.41, 5.74) is 1.71. The van der Waals surface area contributed by atoms with Crippen LogP contribution in [0.1, 0.15) is 31.9 Å². The van der Waals surface area contributed by atoms with Crippen LogP contribution in [0.15, 0.2) is 48.5 Å². The monoisotopic (exact) mass is 386 g/mol. The van der Waals surface area contributed by atoms with Crippen molar-refractivity contribution in [3.05, 3.63) is 59.1 Å². The third-order valence-electron chi connectivity index (χ3n) is 4.67. The number of amides is 2. The van der Waals surface area contributed by atoms with Gasteiger partial charge in [0, 0.05) is 23.7 Å². The first kappa shape index (κ1) is 19.2. The molecule has 2 amide bonds. The predicted octanol–water partition coefficient (Wildman–Crippen LogP) is 3.97. The maximum absolute atomic E-state index is 12.6. The second kappa shape index (κ2) is 8.44. The molecule has 5 nitrogen and oxygen atoms in total. The first-order valence-corrected chi connectivity index (χ1v) is 9.44. The molecule has 0 radical (unpaired) electrons. The first-order valence-electron chi connectivity index (χ1n) is 9.07. The standard InChI is InChI=1S/C21H23ClN2O3/c1-3-27-19-9-7-15(8-10-19)14(2)23-21(26)16-11-20(25)24(13-16)18-6-4-5-17(22)12-18/h4-10,12,14,16H,3,11,13H2,1-2H3,(H,23,26).